The molecular weight excluding hydrogens is 278 g/mol. The lowest BCUT2D eigenvalue weighted by atomic mass is 10.1. The van der Waals surface area contributed by atoms with Gasteiger partial charge in [0.05, 0.1) is 0 Å². The fourth-order valence-electron chi connectivity index (χ4n) is 2.22. The van der Waals surface area contributed by atoms with Crippen molar-refractivity contribution in [2.45, 2.75) is 25.8 Å². The van der Waals surface area contributed by atoms with E-state index in [2.05, 4.69) is 11.8 Å². The van der Waals surface area contributed by atoms with E-state index in [4.69, 9.17) is 16.7 Å². The average Bonchev–Trinajstić information content (AvgIpc) is 2.89. The molecule has 1 aromatic rings. The maximum atomic E-state index is 12.0. The second-order valence-corrected chi connectivity index (χ2v) is 5.07. The summed E-state index contributed by atoms with van der Waals surface area (Å²) in [5.41, 5.74) is 1.50. The molecule has 1 fully saturated rings. The van der Waals surface area contributed by atoms with Crippen molar-refractivity contribution in [1.82, 2.24) is 4.90 Å². The van der Waals surface area contributed by atoms with Gasteiger partial charge in [0.2, 0.25) is 5.78 Å². The van der Waals surface area contributed by atoms with Crippen molar-refractivity contribution in [3.05, 3.63) is 34.3 Å². The van der Waals surface area contributed by atoms with Gasteiger partial charge in [-0.2, -0.15) is 0 Å². The summed E-state index contributed by atoms with van der Waals surface area (Å²) in [6, 6.07) is 4.67. The molecule has 4 nitrogen and oxygen atoms in total. The number of halogens is 1. The molecule has 1 atom stereocenters. The summed E-state index contributed by atoms with van der Waals surface area (Å²) in [5, 5.41) is 9.60. The molecule has 0 spiro atoms. The van der Waals surface area contributed by atoms with Crippen molar-refractivity contribution in [2.75, 3.05) is 6.54 Å². The number of rotatable bonds is 1. The molecule has 1 heterocycles. The number of likely N-dealkylation sites (tertiary alicyclic amines) is 1. The summed E-state index contributed by atoms with van der Waals surface area (Å²) < 4.78 is 0. The standard InChI is InChI=1S/C15H14ClNO3/c1-10-11(4-2-5-12(10)16)7-8-14(18)13-6-3-9-17(13)15(19)20/h2,4-5,13H,3,6,9H2,1H3,(H,19,20)/t13-/m0/s1. The minimum atomic E-state index is -1.07. The number of ketones is 1. The van der Waals surface area contributed by atoms with Crippen LogP contribution in [0.2, 0.25) is 5.02 Å². The summed E-state index contributed by atoms with van der Waals surface area (Å²) in [4.78, 5) is 24.2. The monoisotopic (exact) mass is 291 g/mol. The van der Waals surface area contributed by atoms with E-state index in [9.17, 15) is 9.59 Å². The Morgan fingerprint density at radius 1 is 1.45 bits per heavy atom. The van der Waals surface area contributed by atoms with Crippen molar-refractivity contribution in [2.24, 2.45) is 0 Å². The fourth-order valence-corrected chi connectivity index (χ4v) is 2.40. The van der Waals surface area contributed by atoms with Crippen LogP contribution in [0.4, 0.5) is 4.79 Å². The van der Waals surface area contributed by atoms with Crippen molar-refractivity contribution in [1.29, 1.82) is 0 Å². The molecule has 104 valence electrons. The highest BCUT2D eigenvalue weighted by Crippen LogP contribution is 2.19. The Labute approximate surface area is 122 Å². The van der Waals surface area contributed by atoms with Crippen LogP contribution in [0, 0.1) is 18.8 Å². The number of hydrogen-bond acceptors (Lipinski definition) is 2. The maximum Gasteiger partial charge on any atom is 0.407 e. The Morgan fingerprint density at radius 3 is 2.90 bits per heavy atom. The Kier molecular flexibility index (Phi) is 4.31. The molecule has 1 amide bonds. The van der Waals surface area contributed by atoms with Crippen LogP contribution in [0.1, 0.15) is 24.0 Å². The van der Waals surface area contributed by atoms with E-state index in [0.29, 0.717) is 30.0 Å². The highest BCUT2D eigenvalue weighted by Gasteiger charge is 2.33. The zero-order chi connectivity index (χ0) is 14.7. The fraction of sp³-hybridized carbons (Fsp3) is 0.333. The van der Waals surface area contributed by atoms with Crippen LogP contribution in [-0.2, 0) is 4.79 Å². The zero-order valence-electron chi connectivity index (χ0n) is 11.0. The molecule has 0 aromatic heterocycles. The lowest BCUT2D eigenvalue weighted by Gasteiger charge is -2.17. The van der Waals surface area contributed by atoms with Crippen LogP contribution in [0.5, 0.6) is 0 Å². The van der Waals surface area contributed by atoms with Crippen LogP contribution in [0.3, 0.4) is 0 Å². The van der Waals surface area contributed by atoms with Gasteiger partial charge >= 0.3 is 6.09 Å². The number of carbonyl (C=O) groups excluding carboxylic acids is 1. The van der Waals surface area contributed by atoms with Crippen molar-refractivity contribution in [3.63, 3.8) is 0 Å². The summed E-state index contributed by atoms with van der Waals surface area (Å²) in [6.07, 6.45) is 0.163. The van der Waals surface area contributed by atoms with E-state index in [0.717, 1.165) is 10.5 Å². The minimum absolute atomic E-state index is 0.357. The van der Waals surface area contributed by atoms with Gasteiger partial charge in [0.25, 0.3) is 0 Å². The van der Waals surface area contributed by atoms with E-state index in [1.54, 1.807) is 18.2 Å². The maximum absolute atomic E-state index is 12.0. The molecule has 5 heteroatoms. The molecular formula is C15H14ClNO3. The number of carbonyl (C=O) groups is 2. The number of benzene rings is 1. The zero-order valence-corrected chi connectivity index (χ0v) is 11.8. The summed E-state index contributed by atoms with van der Waals surface area (Å²) >= 11 is 5.98. The number of Topliss-reactive ketones (excluding diaryl/α,β-unsaturated/α-hetero) is 1. The Bertz CT molecular complexity index is 615. The Morgan fingerprint density at radius 2 is 2.20 bits per heavy atom. The van der Waals surface area contributed by atoms with Crippen LogP contribution >= 0.6 is 11.6 Å². The van der Waals surface area contributed by atoms with Crippen LogP contribution in [0.15, 0.2) is 18.2 Å². The normalized spacial score (nSPS) is 17.5. The highest BCUT2D eigenvalue weighted by atomic mass is 35.5. The molecule has 20 heavy (non-hydrogen) atoms. The first-order valence-electron chi connectivity index (χ1n) is 6.31. The van der Waals surface area contributed by atoms with Crippen LogP contribution < -0.4 is 0 Å². The van der Waals surface area contributed by atoms with Gasteiger partial charge in [0, 0.05) is 17.1 Å². The molecule has 1 aromatic carbocycles. The van der Waals surface area contributed by atoms with Crippen molar-refractivity contribution in [3.8, 4) is 11.8 Å². The summed E-state index contributed by atoms with van der Waals surface area (Å²) in [7, 11) is 0. The number of hydrogen-bond donors (Lipinski definition) is 1. The first-order chi connectivity index (χ1) is 9.50. The minimum Gasteiger partial charge on any atom is -0.465 e. The van der Waals surface area contributed by atoms with E-state index in [1.807, 2.05) is 6.92 Å². The molecule has 1 saturated heterocycles. The summed E-state index contributed by atoms with van der Waals surface area (Å²) in [6.45, 7) is 2.22. The topological polar surface area (TPSA) is 57.6 Å². The Balaban J connectivity index is 2.18. The lowest BCUT2D eigenvalue weighted by Crippen LogP contribution is -2.39. The molecule has 1 aliphatic heterocycles. The molecule has 0 aliphatic carbocycles. The third-order valence-electron chi connectivity index (χ3n) is 3.39. The van der Waals surface area contributed by atoms with Gasteiger partial charge in [0.1, 0.15) is 6.04 Å². The predicted octanol–water partition coefficient (Wildman–Crippen LogP) is 2.71. The molecule has 0 saturated carbocycles. The Hall–Kier alpha value is -1.99. The van der Waals surface area contributed by atoms with Gasteiger partial charge < -0.3 is 5.11 Å². The van der Waals surface area contributed by atoms with Crippen LogP contribution in [-0.4, -0.2) is 34.5 Å². The van der Waals surface area contributed by atoms with Gasteiger partial charge in [-0.25, -0.2) is 4.79 Å². The largest absolute Gasteiger partial charge is 0.465 e. The highest BCUT2D eigenvalue weighted by molar-refractivity contribution is 6.31. The van der Waals surface area contributed by atoms with Crippen molar-refractivity contribution < 1.29 is 14.7 Å². The quantitative estimate of drug-likeness (QED) is 0.809. The van der Waals surface area contributed by atoms with Gasteiger partial charge in [-0.15, -0.1) is 0 Å². The smallest absolute Gasteiger partial charge is 0.407 e. The average molecular weight is 292 g/mol. The first kappa shape index (κ1) is 14.4. The lowest BCUT2D eigenvalue weighted by molar-refractivity contribution is -0.117. The van der Waals surface area contributed by atoms with Gasteiger partial charge in [0.15, 0.2) is 0 Å². The van der Waals surface area contributed by atoms with Gasteiger partial charge in [-0.05, 0) is 43.4 Å². The molecule has 2 rings (SSSR count). The predicted molar refractivity (Wildman–Crippen MR) is 75.8 cm³/mol. The molecule has 0 unspecified atom stereocenters. The van der Waals surface area contributed by atoms with Crippen LogP contribution in [0.25, 0.3) is 0 Å². The van der Waals surface area contributed by atoms with E-state index in [1.165, 1.54) is 0 Å². The second-order valence-electron chi connectivity index (χ2n) is 4.66. The SMILES string of the molecule is Cc1c(Cl)cccc1C#CC(=O)[C@@H]1CCCN1C(=O)O. The third-order valence-corrected chi connectivity index (χ3v) is 3.80. The molecule has 0 bridgehead atoms. The van der Waals surface area contributed by atoms with E-state index >= 15 is 0 Å². The van der Waals surface area contributed by atoms with Gasteiger partial charge in [-0.1, -0.05) is 23.6 Å². The van der Waals surface area contributed by atoms with E-state index < -0.39 is 12.1 Å². The summed E-state index contributed by atoms with van der Waals surface area (Å²) in [5.74, 6) is 4.97. The van der Waals surface area contributed by atoms with E-state index in [-0.39, 0.29) is 5.78 Å². The molecule has 1 aliphatic rings. The van der Waals surface area contributed by atoms with Gasteiger partial charge in [-0.3, -0.25) is 9.69 Å². The van der Waals surface area contributed by atoms with Crippen molar-refractivity contribution >= 4 is 23.5 Å². The molecule has 1 N–H and O–H groups in total. The third kappa shape index (κ3) is 2.94. The second kappa shape index (κ2) is 5.98. The number of nitrogens with zero attached hydrogens (tertiary/aromatic N) is 1. The first-order valence-corrected chi connectivity index (χ1v) is 6.69. The molecule has 0 radical (unpaired) electrons. The number of carboxylic acid groups (broad SMARTS) is 1. The number of amides is 1.